The Bertz CT molecular complexity index is 760. The standard InChI is InChI=1S/C21H26N2O4/c24-16-13-21(27-17-4-2-1-3-14(16)17)6-5-15-18(19(15)21)20(25)22-7-8-23-9-11-26-12-10-23/h1-4,15,18-19H,5-13H2,(H,22,25)/t15-,18-,19-,21+/m1/s1. The first-order valence-corrected chi connectivity index (χ1v) is 10.1. The monoisotopic (exact) mass is 370 g/mol. The summed E-state index contributed by atoms with van der Waals surface area (Å²) in [7, 11) is 0. The van der Waals surface area contributed by atoms with Crippen molar-refractivity contribution in [3.8, 4) is 5.75 Å². The number of amides is 1. The number of nitrogens with zero attached hydrogens (tertiary/aromatic N) is 1. The lowest BCUT2D eigenvalue weighted by molar-refractivity contribution is -0.124. The Morgan fingerprint density at radius 3 is 2.93 bits per heavy atom. The average molecular weight is 370 g/mol. The highest BCUT2D eigenvalue weighted by Gasteiger charge is 2.70. The quantitative estimate of drug-likeness (QED) is 0.870. The maximum atomic E-state index is 12.7. The number of carbonyl (C=O) groups is 2. The van der Waals surface area contributed by atoms with Gasteiger partial charge in [0, 0.05) is 38.0 Å². The molecule has 4 aliphatic rings. The van der Waals surface area contributed by atoms with Gasteiger partial charge in [-0.15, -0.1) is 0 Å². The number of morpholine rings is 1. The molecule has 2 aliphatic heterocycles. The summed E-state index contributed by atoms with van der Waals surface area (Å²) in [6.45, 7) is 4.95. The summed E-state index contributed by atoms with van der Waals surface area (Å²) in [6, 6.07) is 7.48. The fraction of sp³-hybridized carbons (Fsp3) is 0.619. The predicted octanol–water partition coefficient (Wildman–Crippen LogP) is 1.49. The Labute approximate surface area is 159 Å². The van der Waals surface area contributed by atoms with Crippen LogP contribution in [-0.4, -0.2) is 61.6 Å². The van der Waals surface area contributed by atoms with Crippen molar-refractivity contribution in [2.45, 2.75) is 24.9 Å². The predicted molar refractivity (Wildman–Crippen MR) is 98.7 cm³/mol. The largest absolute Gasteiger partial charge is 0.486 e. The molecule has 1 amide bonds. The normalized spacial score (nSPS) is 34.7. The van der Waals surface area contributed by atoms with Crippen LogP contribution in [0.4, 0.5) is 0 Å². The topological polar surface area (TPSA) is 67.9 Å². The van der Waals surface area contributed by atoms with Crippen LogP contribution in [0, 0.1) is 17.8 Å². The molecule has 4 atom stereocenters. The van der Waals surface area contributed by atoms with Crippen molar-refractivity contribution in [1.29, 1.82) is 0 Å². The average Bonchev–Trinajstić information content (AvgIpc) is 3.34. The van der Waals surface area contributed by atoms with Crippen LogP contribution in [0.5, 0.6) is 5.75 Å². The van der Waals surface area contributed by atoms with E-state index >= 15 is 0 Å². The zero-order chi connectivity index (χ0) is 18.4. The fourth-order valence-electron chi connectivity index (χ4n) is 5.40. The van der Waals surface area contributed by atoms with Gasteiger partial charge in [0.05, 0.1) is 25.2 Å². The lowest BCUT2D eigenvalue weighted by atomic mass is 9.84. The minimum Gasteiger partial charge on any atom is -0.486 e. The molecule has 0 aromatic heterocycles. The van der Waals surface area contributed by atoms with Crippen molar-refractivity contribution in [3.63, 3.8) is 0 Å². The van der Waals surface area contributed by atoms with Gasteiger partial charge in [0.15, 0.2) is 5.78 Å². The van der Waals surface area contributed by atoms with Crippen LogP contribution in [0.25, 0.3) is 0 Å². The van der Waals surface area contributed by atoms with Gasteiger partial charge >= 0.3 is 0 Å². The molecule has 5 rings (SSSR count). The zero-order valence-corrected chi connectivity index (χ0v) is 15.5. The summed E-state index contributed by atoms with van der Waals surface area (Å²) < 4.78 is 11.7. The summed E-state index contributed by atoms with van der Waals surface area (Å²) in [5.41, 5.74) is 0.209. The number of hydrogen-bond acceptors (Lipinski definition) is 5. The first-order valence-electron chi connectivity index (χ1n) is 10.1. The molecule has 1 aromatic rings. The lowest BCUT2D eigenvalue weighted by Crippen LogP contribution is -2.45. The first kappa shape index (κ1) is 17.2. The number of ether oxygens (including phenoxy) is 2. The van der Waals surface area contributed by atoms with Crippen molar-refractivity contribution in [2.24, 2.45) is 17.8 Å². The molecule has 1 spiro atoms. The van der Waals surface area contributed by atoms with Crippen LogP contribution in [0.1, 0.15) is 29.6 Å². The number of ketones is 1. The molecule has 3 fully saturated rings. The smallest absolute Gasteiger partial charge is 0.223 e. The third-order valence-electron chi connectivity index (χ3n) is 6.77. The molecule has 0 radical (unpaired) electrons. The molecule has 0 bridgehead atoms. The number of rotatable bonds is 4. The van der Waals surface area contributed by atoms with Crippen LogP contribution >= 0.6 is 0 Å². The molecule has 144 valence electrons. The van der Waals surface area contributed by atoms with Gasteiger partial charge in [0.1, 0.15) is 11.4 Å². The molecule has 0 unspecified atom stereocenters. The van der Waals surface area contributed by atoms with Crippen LogP contribution in [0.2, 0.25) is 0 Å². The minimum absolute atomic E-state index is 0.00139. The molecule has 6 nitrogen and oxygen atoms in total. The number of para-hydroxylation sites is 1. The van der Waals surface area contributed by atoms with Gasteiger partial charge in [-0.3, -0.25) is 14.5 Å². The van der Waals surface area contributed by atoms with E-state index in [4.69, 9.17) is 9.47 Å². The van der Waals surface area contributed by atoms with Gasteiger partial charge in [-0.2, -0.15) is 0 Å². The van der Waals surface area contributed by atoms with E-state index in [9.17, 15) is 9.59 Å². The summed E-state index contributed by atoms with van der Waals surface area (Å²) >= 11 is 0. The number of carbonyl (C=O) groups excluding carboxylic acids is 2. The van der Waals surface area contributed by atoms with E-state index in [1.807, 2.05) is 24.3 Å². The number of Topliss-reactive ketones (excluding diaryl/α,β-unsaturated/α-hetero) is 1. The Hall–Kier alpha value is -1.92. The number of benzene rings is 1. The third kappa shape index (κ3) is 2.95. The van der Waals surface area contributed by atoms with Crippen molar-refractivity contribution in [1.82, 2.24) is 10.2 Å². The van der Waals surface area contributed by atoms with E-state index in [0.717, 1.165) is 45.7 Å². The van der Waals surface area contributed by atoms with Crippen molar-refractivity contribution in [2.75, 3.05) is 39.4 Å². The molecule has 27 heavy (non-hydrogen) atoms. The van der Waals surface area contributed by atoms with Crippen LogP contribution < -0.4 is 10.1 Å². The number of hydrogen-bond donors (Lipinski definition) is 1. The summed E-state index contributed by atoms with van der Waals surface area (Å²) in [4.78, 5) is 27.7. The van der Waals surface area contributed by atoms with Crippen LogP contribution in [0.15, 0.2) is 24.3 Å². The van der Waals surface area contributed by atoms with Gasteiger partial charge in [-0.25, -0.2) is 0 Å². The van der Waals surface area contributed by atoms with Crippen molar-refractivity contribution < 1.29 is 19.1 Å². The molecule has 2 heterocycles. The van der Waals surface area contributed by atoms with E-state index in [1.54, 1.807) is 0 Å². The van der Waals surface area contributed by atoms with Crippen molar-refractivity contribution >= 4 is 11.7 Å². The van der Waals surface area contributed by atoms with Crippen LogP contribution in [0.3, 0.4) is 0 Å². The van der Waals surface area contributed by atoms with E-state index in [2.05, 4.69) is 10.2 Å². The summed E-state index contributed by atoms with van der Waals surface area (Å²) in [6.07, 6.45) is 2.25. The van der Waals surface area contributed by atoms with Gasteiger partial charge in [-0.05, 0) is 30.9 Å². The molecule has 2 saturated carbocycles. The van der Waals surface area contributed by atoms with Gasteiger partial charge < -0.3 is 14.8 Å². The Morgan fingerprint density at radius 1 is 1.26 bits per heavy atom. The second-order valence-corrected chi connectivity index (χ2v) is 8.26. The molecular weight excluding hydrogens is 344 g/mol. The van der Waals surface area contributed by atoms with E-state index < -0.39 is 5.60 Å². The van der Waals surface area contributed by atoms with E-state index in [1.165, 1.54) is 0 Å². The molecule has 1 N–H and O–H groups in total. The Morgan fingerprint density at radius 2 is 2.07 bits per heavy atom. The molecule has 1 aromatic carbocycles. The SMILES string of the molecule is O=C1C[C@]2(CC[C@@H]3[C@@H](C(=O)NCCN4CCOCC4)[C@@H]32)Oc2ccccc21. The fourth-order valence-corrected chi connectivity index (χ4v) is 5.40. The molecule has 2 aliphatic carbocycles. The van der Waals surface area contributed by atoms with Crippen LogP contribution in [-0.2, 0) is 9.53 Å². The van der Waals surface area contributed by atoms with Gasteiger partial charge in [-0.1, -0.05) is 12.1 Å². The van der Waals surface area contributed by atoms with Gasteiger partial charge in [0.2, 0.25) is 5.91 Å². The minimum atomic E-state index is -0.470. The van der Waals surface area contributed by atoms with Crippen molar-refractivity contribution in [3.05, 3.63) is 29.8 Å². The molecule has 6 heteroatoms. The highest BCUT2D eigenvalue weighted by Crippen LogP contribution is 2.65. The lowest BCUT2D eigenvalue weighted by Gasteiger charge is -2.37. The second kappa shape index (κ2) is 6.60. The highest BCUT2D eigenvalue weighted by molar-refractivity contribution is 6.00. The number of nitrogens with one attached hydrogen (secondary N) is 1. The molecular formula is C21H26N2O4. The Balaban J connectivity index is 1.21. The highest BCUT2D eigenvalue weighted by atomic mass is 16.5. The zero-order valence-electron chi connectivity index (χ0n) is 15.5. The van der Waals surface area contributed by atoms with E-state index in [-0.39, 0.29) is 23.5 Å². The third-order valence-corrected chi connectivity index (χ3v) is 6.77. The van der Waals surface area contributed by atoms with Gasteiger partial charge in [0.25, 0.3) is 0 Å². The Kier molecular flexibility index (Phi) is 4.20. The first-order chi connectivity index (χ1) is 13.2. The second-order valence-electron chi connectivity index (χ2n) is 8.26. The maximum absolute atomic E-state index is 12.7. The number of fused-ring (bicyclic) bond motifs is 3. The van der Waals surface area contributed by atoms with E-state index in [0.29, 0.717) is 30.2 Å². The summed E-state index contributed by atoms with van der Waals surface area (Å²) in [5.74, 6) is 1.52. The maximum Gasteiger partial charge on any atom is 0.223 e. The summed E-state index contributed by atoms with van der Waals surface area (Å²) in [5, 5.41) is 3.11. The molecule has 1 saturated heterocycles.